The van der Waals surface area contributed by atoms with Crippen molar-refractivity contribution in [2.24, 2.45) is 0 Å². The number of nitrogens with one attached hydrogen (secondary N) is 1. The van der Waals surface area contributed by atoms with Crippen molar-refractivity contribution in [2.75, 3.05) is 18.4 Å². The molecule has 0 radical (unpaired) electrons. The van der Waals surface area contributed by atoms with Crippen LogP contribution in [0.4, 0.5) is 11.6 Å². The summed E-state index contributed by atoms with van der Waals surface area (Å²) in [5.41, 5.74) is 0.326. The van der Waals surface area contributed by atoms with Gasteiger partial charge in [-0.3, -0.25) is 14.9 Å². The lowest BCUT2D eigenvalue weighted by Crippen LogP contribution is -2.48. The number of nitro groups is 1. The highest BCUT2D eigenvalue weighted by Gasteiger charge is 2.32. The van der Waals surface area contributed by atoms with Crippen molar-refractivity contribution in [3.63, 3.8) is 0 Å². The normalized spacial score (nSPS) is 20.6. The van der Waals surface area contributed by atoms with Crippen LogP contribution < -0.4 is 5.32 Å². The number of hydrogen-bond donors (Lipinski definition) is 1. The molecule has 2 atom stereocenters. The average Bonchev–Trinajstić information content (AvgIpc) is 3.12. The van der Waals surface area contributed by atoms with Crippen LogP contribution in [0.2, 0.25) is 0 Å². The van der Waals surface area contributed by atoms with Gasteiger partial charge in [0.1, 0.15) is 4.92 Å². The third-order valence-electron chi connectivity index (χ3n) is 4.13. The molecule has 1 N–H and O–H groups in total. The Balaban J connectivity index is 1.72. The Labute approximate surface area is 161 Å². The number of morpholine rings is 1. The quantitative estimate of drug-likeness (QED) is 0.591. The lowest BCUT2D eigenvalue weighted by Gasteiger charge is -2.34. The molecule has 1 amide bonds. The lowest BCUT2D eigenvalue weighted by molar-refractivity contribution is -0.402. The minimum absolute atomic E-state index is 0.0976. The predicted molar refractivity (Wildman–Crippen MR) is 98.5 cm³/mol. The van der Waals surface area contributed by atoms with Crippen LogP contribution in [-0.2, 0) is 14.8 Å². The molecule has 150 valence electrons. The summed E-state index contributed by atoms with van der Waals surface area (Å²) in [6.07, 6.45) is -0.399. The van der Waals surface area contributed by atoms with Gasteiger partial charge in [-0.2, -0.15) is 4.31 Å². The second-order valence-electron chi connectivity index (χ2n) is 6.45. The van der Waals surface area contributed by atoms with E-state index in [0.717, 1.165) is 6.07 Å². The maximum absolute atomic E-state index is 12.8. The molecule has 1 fully saturated rings. The number of carbonyl (C=O) groups excluding carboxylic acids is 1. The number of ether oxygens (including phenoxy) is 1. The summed E-state index contributed by atoms with van der Waals surface area (Å²) in [4.78, 5) is 22.0. The van der Waals surface area contributed by atoms with Gasteiger partial charge in [0.2, 0.25) is 10.0 Å². The second kappa shape index (κ2) is 7.70. The monoisotopic (exact) mass is 409 g/mol. The molecule has 3 rings (SSSR count). The number of sulfonamides is 1. The summed E-state index contributed by atoms with van der Waals surface area (Å²) < 4.78 is 37.4. The average molecular weight is 409 g/mol. The summed E-state index contributed by atoms with van der Waals surface area (Å²) in [5.74, 6) is -1.44. The molecule has 10 nitrogen and oxygen atoms in total. The molecule has 2 aromatic rings. The van der Waals surface area contributed by atoms with Crippen molar-refractivity contribution in [2.45, 2.75) is 31.0 Å². The molecule has 1 aliphatic rings. The summed E-state index contributed by atoms with van der Waals surface area (Å²) in [6, 6.07) is 7.92. The van der Waals surface area contributed by atoms with Gasteiger partial charge < -0.3 is 14.5 Å². The molecule has 2 unspecified atom stereocenters. The molecule has 1 aromatic heterocycles. The smallest absolute Gasteiger partial charge is 0.395 e. The van der Waals surface area contributed by atoms with Gasteiger partial charge in [0.05, 0.1) is 23.2 Å². The Morgan fingerprint density at radius 1 is 1.14 bits per heavy atom. The van der Waals surface area contributed by atoms with E-state index in [2.05, 4.69) is 5.32 Å². The molecule has 2 heterocycles. The first-order chi connectivity index (χ1) is 13.2. The molecular formula is C17H19N3O7S. The zero-order valence-electron chi connectivity index (χ0n) is 15.2. The summed E-state index contributed by atoms with van der Waals surface area (Å²) in [7, 11) is -3.68. The fourth-order valence-electron chi connectivity index (χ4n) is 2.93. The Hall–Kier alpha value is -2.76. The van der Waals surface area contributed by atoms with Gasteiger partial charge in [-0.05, 0) is 44.2 Å². The maximum Gasteiger partial charge on any atom is 0.433 e. The molecule has 0 aliphatic carbocycles. The third-order valence-corrected chi connectivity index (χ3v) is 5.98. The largest absolute Gasteiger partial charge is 0.433 e. The number of amides is 1. The van der Waals surface area contributed by atoms with E-state index in [9.17, 15) is 23.3 Å². The standard InChI is InChI=1S/C17H19N3O7S/c1-11-9-19(10-12(2)26-11)28(24,25)14-5-3-13(4-6-14)18-17(21)15-7-8-16(27-15)20(22)23/h3-8,11-12H,9-10H2,1-2H3,(H,18,21). The predicted octanol–water partition coefficient (Wildman–Crippen LogP) is 2.24. The number of carbonyl (C=O) groups is 1. The van der Waals surface area contributed by atoms with Gasteiger partial charge >= 0.3 is 5.88 Å². The van der Waals surface area contributed by atoms with E-state index in [-0.39, 0.29) is 36.0 Å². The number of benzene rings is 1. The number of nitrogens with zero attached hydrogens (tertiary/aromatic N) is 2. The molecule has 1 aliphatic heterocycles. The van der Waals surface area contributed by atoms with Gasteiger partial charge in [0.25, 0.3) is 5.91 Å². The van der Waals surface area contributed by atoms with Crippen molar-refractivity contribution in [3.05, 3.63) is 52.3 Å². The highest BCUT2D eigenvalue weighted by atomic mass is 32.2. The highest BCUT2D eigenvalue weighted by molar-refractivity contribution is 7.89. The number of furan rings is 1. The highest BCUT2D eigenvalue weighted by Crippen LogP contribution is 2.23. The Bertz CT molecular complexity index is 974. The van der Waals surface area contributed by atoms with Gasteiger partial charge in [0.15, 0.2) is 5.76 Å². The van der Waals surface area contributed by atoms with Crippen LogP contribution in [-0.4, -0.2) is 48.9 Å². The van der Waals surface area contributed by atoms with Crippen molar-refractivity contribution >= 4 is 27.5 Å². The van der Waals surface area contributed by atoms with Crippen molar-refractivity contribution in [1.82, 2.24) is 4.31 Å². The van der Waals surface area contributed by atoms with E-state index in [4.69, 9.17) is 9.15 Å². The molecule has 28 heavy (non-hydrogen) atoms. The van der Waals surface area contributed by atoms with E-state index in [1.807, 2.05) is 13.8 Å². The van der Waals surface area contributed by atoms with Crippen molar-refractivity contribution in [1.29, 1.82) is 0 Å². The summed E-state index contributed by atoms with van der Waals surface area (Å²) in [5, 5.41) is 13.1. The van der Waals surface area contributed by atoms with E-state index >= 15 is 0 Å². The van der Waals surface area contributed by atoms with E-state index < -0.39 is 26.7 Å². The fraction of sp³-hybridized carbons (Fsp3) is 0.353. The molecule has 11 heteroatoms. The third kappa shape index (κ3) is 4.21. The van der Waals surface area contributed by atoms with Crippen molar-refractivity contribution in [3.8, 4) is 0 Å². The molecule has 0 spiro atoms. The first-order valence-corrected chi connectivity index (χ1v) is 9.92. The van der Waals surface area contributed by atoms with Crippen LogP contribution in [0.3, 0.4) is 0 Å². The van der Waals surface area contributed by atoms with E-state index in [0.29, 0.717) is 5.69 Å². The fourth-order valence-corrected chi connectivity index (χ4v) is 4.52. The second-order valence-corrected chi connectivity index (χ2v) is 8.39. The van der Waals surface area contributed by atoms with Crippen molar-refractivity contribution < 1.29 is 27.3 Å². The van der Waals surface area contributed by atoms with E-state index in [1.165, 1.54) is 34.6 Å². The van der Waals surface area contributed by atoms with Gasteiger partial charge in [-0.15, -0.1) is 0 Å². The Morgan fingerprint density at radius 3 is 2.29 bits per heavy atom. The first-order valence-electron chi connectivity index (χ1n) is 8.48. The zero-order valence-corrected chi connectivity index (χ0v) is 16.0. The zero-order chi connectivity index (χ0) is 20.5. The van der Waals surface area contributed by atoms with Crippen LogP contribution >= 0.6 is 0 Å². The lowest BCUT2D eigenvalue weighted by atomic mass is 10.3. The molecule has 1 aromatic carbocycles. The van der Waals surface area contributed by atoms with Crippen LogP contribution in [0.1, 0.15) is 24.4 Å². The minimum atomic E-state index is -3.68. The first kappa shape index (κ1) is 20.0. The van der Waals surface area contributed by atoms with Crippen LogP contribution in [0.15, 0.2) is 45.7 Å². The van der Waals surface area contributed by atoms with Gasteiger partial charge in [-0.25, -0.2) is 8.42 Å². The number of anilines is 1. The number of hydrogen-bond acceptors (Lipinski definition) is 7. The van der Waals surface area contributed by atoms with E-state index in [1.54, 1.807) is 0 Å². The summed E-state index contributed by atoms with van der Waals surface area (Å²) >= 11 is 0. The van der Waals surface area contributed by atoms with Crippen LogP contribution in [0.5, 0.6) is 0 Å². The Morgan fingerprint density at radius 2 is 1.75 bits per heavy atom. The topological polar surface area (TPSA) is 132 Å². The molecule has 0 saturated carbocycles. The SMILES string of the molecule is CC1CN(S(=O)(=O)c2ccc(NC(=O)c3ccc([N+](=O)[O-])o3)cc2)CC(C)O1. The summed E-state index contributed by atoms with van der Waals surface area (Å²) in [6.45, 7) is 4.16. The molecule has 1 saturated heterocycles. The van der Waals surface area contributed by atoms with Gasteiger partial charge in [-0.1, -0.05) is 0 Å². The van der Waals surface area contributed by atoms with Crippen LogP contribution in [0, 0.1) is 10.1 Å². The Kier molecular flexibility index (Phi) is 5.49. The maximum atomic E-state index is 12.8. The molecular weight excluding hydrogens is 390 g/mol. The minimum Gasteiger partial charge on any atom is -0.395 e. The van der Waals surface area contributed by atoms with Crippen LogP contribution in [0.25, 0.3) is 0 Å². The number of rotatable bonds is 5. The van der Waals surface area contributed by atoms with Gasteiger partial charge in [0, 0.05) is 18.8 Å². The molecule has 0 bridgehead atoms.